The van der Waals surface area contributed by atoms with Gasteiger partial charge in [0.1, 0.15) is 29.9 Å². The van der Waals surface area contributed by atoms with Gasteiger partial charge in [0.15, 0.2) is 6.29 Å². The van der Waals surface area contributed by atoms with E-state index in [0.29, 0.717) is 32.1 Å². The van der Waals surface area contributed by atoms with Crippen LogP contribution in [-0.4, -0.2) is 92.2 Å². The summed E-state index contributed by atoms with van der Waals surface area (Å²) in [6.45, 7) is 7.20. The monoisotopic (exact) mass is 556 g/mol. The van der Waals surface area contributed by atoms with Gasteiger partial charge in [-0.05, 0) is 25.8 Å². The number of thioether (sulfide) groups is 1. The molecule has 1 aromatic rings. The van der Waals surface area contributed by atoms with Crippen molar-refractivity contribution >= 4 is 23.6 Å². The molecule has 1 heterocycles. The molecule has 1 aliphatic heterocycles. The molecule has 2 rings (SSSR count). The minimum Gasteiger partial charge on any atom is -0.394 e. The van der Waals surface area contributed by atoms with Crippen LogP contribution in [0.3, 0.4) is 0 Å². The minimum absolute atomic E-state index is 0.129. The number of ether oxygens (including phenoxy) is 5. The molecule has 0 aromatic heterocycles. The fourth-order valence-corrected chi connectivity index (χ4v) is 5.11. The third-order valence-electron chi connectivity index (χ3n) is 5.89. The van der Waals surface area contributed by atoms with Gasteiger partial charge in [0.05, 0.1) is 13.2 Å². The van der Waals surface area contributed by atoms with Crippen LogP contribution in [0.5, 0.6) is 0 Å². The Hall–Kier alpha value is -1.73. The Morgan fingerprint density at radius 3 is 2.47 bits per heavy atom. The Kier molecular flexibility index (Phi) is 15.8. The normalized spacial score (nSPS) is 24.1. The summed E-state index contributed by atoms with van der Waals surface area (Å²) in [4.78, 5) is 23.4. The number of benzene rings is 1. The summed E-state index contributed by atoms with van der Waals surface area (Å²) in [7, 11) is 1.54. The Bertz CT molecular complexity index is 803. The van der Waals surface area contributed by atoms with Crippen molar-refractivity contribution in [1.82, 2.24) is 10.6 Å². The lowest BCUT2D eigenvalue weighted by Gasteiger charge is -2.46. The zero-order valence-corrected chi connectivity index (χ0v) is 23.7. The lowest BCUT2D eigenvalue weighted by molar-refractivity contribution is -0.280. The largest absolute Gasteiger partial charge is 0.394 e. The standard InChI is InChI=1S/C27H44N2O8S/c1-5-15-34-25-24(36-19(3)33-6-2)21(17-30)37-27(26(25)35-18-20-10-8-7-9-11-20)38-16-14-29-23(32)13-12-22(31)28-4/h7-11,19,21,24-27,30H,5-6,12-18H2,1-4H3,(H,28,31)(H,29,32)/t19?,21-,24-,25+,26-,27+/m1/s1. The number of nitrogens with one attached hydrogen (secondary N) is 2. The molecule has 0 spiro atoms. The second kappa shape index (κ2) is 18.5. The van der Waals surface area contributed by atoms with E-state index in [9.17, 15) is 14.7 Å². The van der Waals surface area contributed by atoms with Gasteiger partial charge < -0.3 is 39.4 Å². The van der Waals surface area contributed by atoms with Gasteiger partial charge in [0, 0.05) is 45.4 Å². The number of amides is 2. The molecule has 6 atom stereocenters. The quantitative estimate of drug-likeness (QED) is 0.184. The Labute approximate surface area is 230 Å². The van der Waals surface area contributed by atoms with Crippen molar-refractivity contribution in [3.05, 3.63) is 35.9 Å². The molecule has 1 aromatic carbocycles. The zero-order valence-electron chi connectivity index (χ0n) is 22.9. The van der Waals surface area contributed by atoms with Gasteiger partial charge in [-0.15, -0.1) is 11.8 Å². The van der Waals surface area contributed by atoms with E-state index in [2.05, 4.69) is 10.6 Å². The second-order valence-electron chi connectivity index (χ2n) is 8.84. The maximum atomic E-state index is 12.1. The molecule has 10 nitrogen and oxygen atoms in total. The molecular formula is C27H44N2O8S. The fourth-order valence-electron chi connectivity index (χ4n) is 4.01. The van der Waals surface area contributed by atoms with E-state index in [1.165, 1.54) is 11.8 Å². The third-order valence-corrected chi connectivity index (χ3v) is 7.03. The number of aliphatic hydroxyl groups excluding tert-OH is 1. The molecule has 0 aliphatic carbocycles. The highest BCUT2D eigenvalue weighted by atomic mass is 32.2. The van der Waals surface area contributed by atoms with Crippen LogP contribution in [-0.2, 0) is 39.9 Å². The van der Waals surface area contributed by atoms with Gasteiger partial charge in [-0.3, -0.25) is 9.59 Å². The van der Waals surface area contributed by atoms with Crippen LogP contribution in [0.4, 0.5) is 0 Å². The van der Waals surface area contributed by atoms with E-state index in [4.69, 9.17) is 23.7 Å². The lowest BCUT2D eigenvalue weighted by Crippen LogP contribution is -2.61. The number of rotatable bonds is 18. The van der Waals surface area contributed by atoms with Crippen LogP contribution in [0.2, 0.25) is 0 Å². The van der Waals surface area contributed by atoms with E-state index in [0.717, 1.165) is 12.0 Å². The van der Waals surface area contributed by atoms with Crippen LogP contribution < -0.4 is 10.6 Å². The van der Waals surface area contributed by atoms with Gasteiger partial charge >= 0.3 is 0 Å². The summed E-state index contributed by atoms with van der Waals surface area (Å²) in [5, 5.41) is 15.5. The van der Waals surface area contributed by atoms with Crippen molar-refractivity contribution in [3.63, 3.8) is 0 Å². The molecule has 38 heavy (non-hydrogen) atoms. The molecule has 2 amide bonds. The van der Waals surface area contributed by atoms with Crippen molar-refractivity contribution in [2.75, 3.05) is 39.2 Å². The van der Waals surface area contributed by atoms with Gasteiger partial charge in [-0.1, -0.05) is 37.3 Å². The van der Waals surface area contributed by atoms with E-state index in [-0.39, 0.29) is 31.3 Å². The van der Waals surface area contributed by atoms with E-state index in [1.54, 1.807) is 7.05 Å². The first-order valence-electron chi connectivity index (χ1n) is 13.3. The number of carbonyl (C=O) groups excluding carboxylic acids is 2. The van der Waals surface area contributed by atoms with E-state index in [1.807, 2.05) is 51.1 Å². The highest BCUT2D eigenvalue weighted by molar-refractivity contribution is 7.99. The number of hydrogen-bond acceptors (Lipinski definition) is 9. The zero-order chi connectivity index (χ0) is 27.8. The van der Waals surface area contributed by atoms with Crippen LogP contribution in [0.1, 0.15) is 45.6 Å². The molecule has 1 saturated heterocycles. The van der Waals surface area contributed by atoms with Crippen molar-refractivity contribution < 1.29 is 38.4 Å². The van der Waals surface area contributed by atoms with Crippen molar-refractivity contribution in [1.29, 1.82) is 0 Å². The lowest BCUT2D eigenvalue weighted by atomic mass is 9.99. The van der Waals surface area contributed by atoms with Gasteiger partial charge in [-0.25, -0.2) is 0 Å². The molecular weight excluding hydrogens is 512 g/mol. The molecule has 11 heteroatoms. The van der Waals surface area contributed by atoms with E-state index >= 15 is 0 Å². The molecule has 216 valence electrons. The number of hydrogen-bond donors (Lipinski definition) is 3. The minimum atomic E-state index is -0.643. The van der Waals surface area contributed by atoms with Crippen LogP contribution in [0.15, 0.2) is 30.3 Å². The van der Waals surface area contributed by atoms with Gasteiger partial charge in [-0.2, -0.15) is 0 Å². The van der Waals surface area contributed by atoms with Crippen molar-refractivity contribution in [2.45, 2.75) is 82.8 Å². The summed E-state index contributed by atoms with van der Waals surface area (Å²) in [6, 6.07) is 9.84. The first-order valence-corrected chi connectivity index (χ1v) is 14.4. The van der Waals surface area contributed by atoms with Crippen LogP contribution in [0, 0.1) is 0 Å². The topological polar surface area (TPSA) is 125 Å². The predicted octanol–water partition coefficient (Wildman–Crippen LogP) is 2.23. The fraction of sp³-hybridized carbons (Fsp3) is 0.704. The maximum Gasteiger partial charge on any atom is 0.220 e. The summed E-state index contributed by atoms with van der Waals surface area (Å²) >= 11 is 1.48. The first-order chi connectivity index (χ1) is 18.4. The average molecular weight is 557 g/mol. The van der Waals surface area contributed by atoms with Crippen LogP contribution in [0.25, 0.3) is 0 Å². The Balaban J connectivity index is 2.13. The molecule has 1 fully saturated rings. The van der Waals surface area contributed by atoms with Crippen molar-refractivity contribution in [3.8, 4) is 0 Å². The molecule has 0 saturated carbocycles. The smallest absolute Gasteiger partial charge is 0.220 e. The highest BCUT2D eigenvalue weighted by Crippen LogP contribution is 2.34. The molecule has 1 aliphatic rings. The summed E-state index contributed by atoms with van der Waals surface area (Å²) in [5.41, 5.74) is 0.543. The summed E-state index contributed by atoms with van der Waals surface area (Å²) < 4.78 is 30.8. The third kappa shape index (κ3) is 11.2. The average Bonchev–Trinajstić information content (AvgIpc) is 2.93. The molecule has 3 N–H and O–H groups in total. The summed E-state index contributed by atoms with van der Waals surface area (Å²) in [5.74, 6) is 0.180. The Morgan fingerprint density at radius 1 is 1.08 bits per heavy atom. The Morgan fingerprint density at radius 2 is 1.82 bits per heavy atom. The first kappa shape index (κ1) is 32.5. The van der Waals surface area contributed by atoms with E-state index < -0.39 is 36.1 Å². The molecule has 0 bridgehead atoms. The number of carbonyl (C=O) groups is 2. The summed E-state index contributed by atoms with van der Waals surface area (Å²) in [6.07, 6.45) is -1.69. The second-order valence-corrected chi connectivity index (χ2v) is 10.0. The van der Waals surface area contributed by atoms with Gasteiger partial charge in [0.25, 0.3) is 0 Å². The van der Waals surface area contributed by atoms with Crippen LogP contribution >= 0.6 is 11.8 Å². The van der Waals surface area contributed by atoms with Crippen molar-refractivity contribution in [2.24, 2.45) is 0 Å². The predicted molar refractivity (Wildman–Crippen MR) is 146 cm³/mol. The molecule has 0 radical (unpaired) electrons. The SMILES string of the molecule is CCCO[C@@H]1[C@@H](OCc2ccccc2)[C@H](SCCNC(=O)CCC(=O)NC)O[C@H](CO)[C@H]1OC(C)OCC. The maximum absolute atomic E-state index is 12.1. The van der Waals surface area contributed by atoms with Gasteiger partial charge in [0.2, 0.25) is 11.8 Å². The number of aliphatic hydroxyl groups is 1. The molecule has 1 unspecified atom stereocenters. The highest BCUT2D eigenvalue weighted by Gasteiger charge is 2.48.